The molecule has 9 nitrogen and oxygen atoms in total. The Balaban J connectivity index is 1.49. The Labute approximate surface area is 167 Å². The summed E-state index contributed by atoms with van der Waals surface area (Å²) < 4.78 is 11.2. The van der Waals surface area contributed by atoms with Gasteiger partial charge in [-0.3, -0.25) is 20.0 Å². The van der Waals surface area contributed by atoms with Crippen molar-refractivity contribution in [3.63, 3.8) is 0 Å². The van der Waals surface area contributed by atoms with E-state index in [-0.39, 0.29) is 11.8 Å². The van der Waals surface area contributed by atoms with Gasteiger partial charge in [0, 0.05) is 49.8 Å². The van der Waals surface area contributed by atoms with Crippen LogP contribution in [-0.4, -0.2) is 44.2 Å². The van der Waals surface area contributed by atoms with Gasteiger partial charge in [0.2, 0.25) is 11.7 Å². The fourth-order valence-corrected chi connectivity index (χ4v) is 3.40. The molecule has 150 valence electrons. The Hall–Kier alpha value is -3.17. The van der Waals surface area contributed by atoms with Crippen molar-refractivity contribution in [2.24, 2.45) is 0 Å². The van der Waals surface area contributed by atoms with Crippen LogP contribution in [0.1, 0.15) is 24.3 Å². The van der Waals surface area contributed by atoms with Crippen molar-refractivity contribution in [2.75, 3.05) is 13.2 Å². The monoisotopic (exact) mass is 395 g/mol. The predicted octanol–water partition coefficient (Wildman–Crippen LogP) is 3.22. The van der Waals surface area contributed by atoms with Gasteiger partial charge >= 0.3 is 0 Å². The molecule has 2 aromatic heterocycles. The lowest BCUT2D eigenvalue weighted by Gasteiger charge is -2.23. The third-order valence-electron chi connectivity index (χ3n) is 4.76. The average Bonchev–Trinajstić information content (AvgIpc) is 3.41. The van der Waals surface area contributed by atoms with E-state index in [2.05, 4.69) is 20.0 Å². The van der Waals surface area contributed by atoms with Crippen molar-refractivity contribution in [2.45, 2.75) is 32.0 Å². The lowest BCUT2D eigenvalue weighted by Crippen LogP contribution is -2.31. The number of nitrogens with zero attached hydrogens (tertiary/aromatic N) is 5. The summed E-state index contributed by atoms with van der Waals surface area (Å²) in [4.78, 5) is 21.4. The molecule has 4 rings (SSSR count). The molecule has 0 N–H and O–H groups in total. The lowest BCUT2D eigenvalue weighted by atomic mass is 10.2. The molecule has 1 aliphatic rings. The van der Waals surface area contributed by atoms with Gasteiger partial charge in [-0.15, -0.1) is 0 Å². The SMILES string of the molecule is O=[N+]([O-])c1cccc(-c2noc(CN(Cc3cccnc3)CC3CCCO3)n2)c1. The molecular weight excluding hydrogens is 374 g/mol. The summed E-state index contributed by atoms with van der Waals surface area (Å²) in [5, 5.41) is 15.0. The molecule has 1 aromatic carbocycles. The highest BCUT2D eigenvalue weighted by molar-refractivity contribution is 5.58. The van der Waals surface area contributed by atoms with Crippen molar-refractivity contribution < 1.29 is 14.2 Å². The summed E-state index contributed by atoms with van der Waals surface area (Å²) >= 11 is 0. The van der Waals surface area contributed by atoms with E-state index in [9.17, 15) is 10.1 Å². The number of pyridine rings is 1. The third kappa shape index (κ3) is 5.01. The zero-order chi connectivity index (χ0) is 20.1. The number of aromatic nitrogens is 3. The first-order chi connectivity index (χ1) is 14.2. The van der Waals surface area contributed by atoms with Crippen molar-refractivity contribution in [1.29, 1.82) is 0 Å². The number of nitro benzene ring substituents is 1. The van der Waals surface area contributed by atoms with Gasteiger partial charge in [-0.25, -0.2) is 0 Å². The fourth-order valence-electron chi connectivity index (χ4n) is 3.40. The summed E-state index contributed by atoms with van der Waals surface area (Å²) in [5.41, 5.74) is 1.63. The Morgan fingerprint density at radius 3 is 2.93 bits per heavy atom. The molecule has 1 saturated heterocycles. The third-order valence-corrected chi connectivity index (χ3v) is 4.76. The first-order valence-corrected chi connectivity index (χ1v) is 9.47. The molecule has 0 amide bonds. The number of non-ortho nitro benzene ring substituents is 1. The number of nitro groups is 1. The van der Waals surface area contributed by atoms with Crippen LogP contribution in [-0.2, 0) is 17.8 Å². The highest BCUT2D eigenvalue weighted by Gasteiger charge is 2.22. The van der Waals surface area contributed by atoms with Gasteiger partial charge in [0.15, 0.2) is 0 Å². The van der Waals surface area contributed by atoms with Gasteiger partial charge in [0.25, 0.3) is 5.69 Å². The second-order valence-corrected chi connectivity index (χ2v) is 6.99. The number of rotatable bonds is 8. The zero-order valence-electron chi connectivity index (χ0n) is 15.8. The first-order valence-electron chi connectivity index (χ1n) is 9.47. The van der Waals surface area contributed by atoms with Gasteiger partial charge in [0.1, 0.15) is 0 Å². The van der Waals surface area contributed by atoms with E-state index < -0.39 is 4.92 Å². The van der Waals surface area contributed by atoms with E-state index in [1.165, 1.54) is 12.1 Å². The van der Waals surface area contributed by atoms with Gasteiger partial charge in [-0.05, 0) is 24.5 Å². The van der Waals surface area contributed by atoms with Crippen LogP contribution in [0.3, 0.4) is 0 Å². The van der Waals surface area contributed by atoms with Crippen LogP contribution in [0.5, 0.6) is 0 Å². The maximum absolute atomic E-state index is 11.0. The Kier molecular flexibility index (Phi) is 5.87. The second kappa shape index (κ2) is 8.89. The molecule has 1 atom stereocenters. The molecular formula is C20H21N5O4. The Bertz CT molecular complexity index is 956. The average molecular weight is 395 g/mol. The minimum Gasteiger partial charge on any atom is -0.377 e. The standard InChI is InChI=1S/C20H21N5O4/c26-25(27)17-6-1-5-16(10-17)20-22-19(29-23-20)14-24(13-18-7-3-9-28-18)12-15-4-2-8-21-11-15/h1-2,4-6,8,10-11,18H,3,7,9,12-14H2. The van der Waals surface area contributed by atoms with E-state index >= 15 is 0 Å². The second-order valence-electron chi connectivity index (χ2n) is 6.99. The van der Waals surface area contributed by atoms with Gasteiger partial charge in [-0.1, -0.05) is 23.4 Å². The van der Waals surface area contributed by atoms with Gasteiger partial charge in [-0.2, -0.15) is 4.98 Å². The highest BCUT2D eigenvalue weighted by atomic mass is 16.6. The molecule has 0 bridgehead atoms. The molecule has 3 aromatic rings. The van der Waals surface area contributed by atoms with Crippen molar-refractivity contribution in [1.82, 2.24) is 20.0 Å². The van der Waals surface area contributed by atoms with E-state index in [0.29, 0.717) is 30.4 Å². The fraction of sp³-hybridized carbons (Fsp3) is 0.350. The maximum Gasteiger partial charge on any atom is 0.270 e. The summed E-state index contributed by atoms with van der Waals surface area (Å²) in [6, 6.07) is 10.1. The quantitative estimate of drug-likeness (QED) is 0.423. The van der Waals surface area contributed by atoms with E-state index in [0.717, 1.165) is 31.6 Å². The Morgan fingerprint density at radius 1 is 1.24 bits per heavy atom. The van der Waals surface area contributed by atoms with Crippen LogP contribution in [0.15, 0.2) is 53.3 Å². The van der Waals surface area contributed by atoms with Crippen LogP contribution in [0.4, 0.5) is 5.69 Å². The molecule has 0 saturated carbocycles. The van der Waals surface area contributed by atoms with E-state index in [1.807, 2.05) is 18.3 Å². The smallest absolute Gasteiger partial charge is 0.270 e. The molecule has 0 radical (unpaired) electrons. The summed E-state index contributed by atoms with van der Waals surface area (Å²) in [7, 11) is 0. The predicted molar refractivity (Wildman–Crippen MR) is 104 cm³/mol. The molecule has 29 heavy (non-hydrogen) atoms. The number of ether oxygens (including phenoxy) is 1. The number of hydrogen-bond acceptors (Lipinski definition) is 8. The number of hydrogen-bond donors (Lipinski definition) is 0. The minimum absolute atomic E-state index is 0.00886. The Morgan fingerprint density at radius 2 is 2.17 bits per heavy atom. The molecule has 1 fully saturated rings. The maximum atomic E-state index is 11.0. The topological polar surface area (TPSA) is 107 Å². The van der Waals surface area contributed by atoms with Crippen LogP contribution in [0.25, 0.3) is 11.4 Å². The van der Waals surface area contributed by atoms with Gasteiger partial charge in [0.05, 0.1) is 17.6 Å². The normalized spacial score (nSPS) is 16.4. The van der Waals surface area contributed by atoms with Crippen molar-refractivity contribution >= 4 is 5.69 Å². The van der Waals surface area contributed by atoms with Crippen LogP contribution in [0, 0.1) is 10.1 Å². The van der Waals surface area contributed by atoms with Crippen LogP contribution in [0.2, 0.25) is 0 Å². The van der Waals surface area contributed by atoms with E-state index in [4.69, 9.17) is 9.26 Å². The largest absolute Gasteiger partial charge is 0.377 e. The number of benzene rings is 1. The summed E-state index contributed by atoms with van der Waals surface area (Å²) in [6.45, 7) is 2.69. The van der Waals surface area contributed by atoms with Crippen LogP contribution < -0.4 is 0 Å². The molecule has 1 aliphatic heterocycles. The molecule has 9 heteroatoms. The summed E-state index contributed by atoms with van der Waals surface area (Å²) in [5.74, 6) is 0.788. The lowest BCUT2D eigenvalue weighted by molar-refractivity contribution is -0.384. The van der Waals surface area contributed by atoms with E-state index in [1.54, 1.807) is 18.3 Å². The molecule has 3 heterocycles. The molecule has 1 unspecified atom stereocenters. The molecule has 0 aliphatic carbocycles. The molecule has 0 spiro atoms. The minimum atomic E-state index is -0.443. The van der Waals surface area contributed by atoms with Gasteiger partial charge < -0.3 is 9.26 Å². The highest BCUT2D eigenvalue weighted by Crippen LogP contribution is 2.22. The van der Waals surface area contributed by atoms with Crippen molar-refractivity contribution in [3.05, 3.63) is 70.4 Å². The van der Waals surface area contributed by atoms with Crippen molar-refractivity contribution in [3.8, 4) is 11.4 Å². The van der Waals surface area contributed by atoms with Crippen LogP contribution >= 0.6 is 0 Å². The zero-order valence-corrected chi connectivity index (χ0v) is 15.8. The first kappa shape index (κ1) is 19.2. The summed E-state index contributed by atoms with van der Waals surface area (Å²) in [6.07, 6.45) is 5.88.